The van der Waals surface area contributed by atoms with Crippen molar-refractivity contribution in [1.82, 2.24) is 4.90 Å². The standard InChI is InChI=1S/C26H22N2O4S/c1-18-11-13-19(14-12-18)16-28-25(30)23(33-26(28)31)15-20-7-5-6-10-22(20)32-17-24(29)27-21-8-3-2-4-9-21/h2-15H,16-17H2,1H3,(H,27,29)/b23-15+. The number of para-hydroxylation sites is 2. The average Bonchev–Trinajstić information content (AvgIpc) is 3.08. The van der Waals surface area contributed by atoms with Crippen LogP contribution >= 0.6 is 11.8 Å². The van der Waals surface area contributed by atoms with Crippen molar-refractivity contribution < 1.29 is 19.1 Å². The topological polar surface area (TPSA) is 75.7 Å². The van der Waals surface area contributed by atoms with Crippen molar-refractivity contribution in [2.75, 3.05) is 11.9 Å². The molecule has 33 heavy (non-hydrogen) atoms. The van der Waals surface area contributed by atoms with Crippen LogP contribution in [0.15, 0.2) is 83.8 Å². The van der Waals surface area contributed by atoms with Crippen LogP contribution in [-0.4, -0.2) is 28.6 Å². The van der Waals surface area contributed by atoms with Crippen molar-refractivity contribution in [3.8, 4) is 5.75 Å². The average molecular weight is 459 g/mol. The fraction of sp³-hybridized carbons (Fsp3) is 0.115. The minimum absolute atomic E-state index is 0.186. The zero-order chi connectivity index (χ0) is 23.2. The molecule has 0 radical (unpaired) electrons. The van der Waals surface area contributed by atoms with Crippen molar-refractivity contribution in [3.63, 3.8) is 0 Å². The number of hydrogen-bond acceptors (Lipinski definition) is 5. The number of nitrogens with zero attached hydrogens (tertiary/aromatic N) is 1. The summed E-state index contributed by atoms with van der Waals surface area (Å²) in [6.07, 6.45) is 1.63. The Morgan fingerprint density at radius 3 is 2.42 bits per heavy atom. The van der Waals surface area contributed by atoms with Crippen molar-refractivity contribution in [2.45, 2.75) is 13.5 Å². The second kappa shape index (κ2) is 10.2. The number of nitrogens with one attached hydrogen (secondary N) is 1. The highest BCUT2D eigenvalue weighted by Gasteiger charge is 2.35. The fourth-order valence-electron chi connectivity index (χ4n) is 3.25. The van der Waals surface area contributed by atoms with Gasteiger partial charge in [0.25, 0.3) is 17.1 Å². The van der Waals surface area contributed by atoms with E-state index in [1.54, 1.807) is 42.5 Å². The molecule has 3 amide bonds. The van der Waals surface area contributed by atoms with E-state index in [4.69, 9.17) is 4.74 Å². The fourth-order valence-corrected chi connectivity index (χ4v) is 4.08. The van der Waals surface area contributed by atoms with Crippen LogP contribution < -0.4 is 10.1 Å². The Morgan fingerprint density at radius 1 is 0.970 bits per heavy atom. The van der Waals surface area contributed by atoms with Gasteiger partial charge < -0.3 is 10.1 Å². The quantitative estimate of drug-likeness (QED) is 0.490. The summed E-state index contributed by atoms with van der Waals surface area (Å²) in [6.45, 7) is 2.02. The van der Waals surface area contributed by atoms with Gasteiger partial charge in [-0.25, -0.2) is 0 Å². The molecular weight excluding hydrogens is 436 g/mol. The van der Waals surface area contributed by atoms with Crippen molar-refractivity contribution in [1.29, 1.82) is 0 Å². The van der Waals surface area contributed by atoms with Crippen LogP contribution in [0, 0.1) is 6.92 Å². The highest BCUT2D eigenvalue weighted by atomic mass is 32.2. The molecule has 0 bridgehead atoms. The van der Waals surface area contributed by atoms with Gasteiger partial charge in [0.05, 0.1) is 11.4 Å². The summed E-state index contributed by atoms with van der Waals surface area (Å²) in [7, 11) is 0. The second-order valence-electron chi connectivity index (χ2n) is 7.49. The predicted molar refractivity (Wildman–Crippen MR) is 130 cm³/mol. The maximum absolute atomic E-state index is 12.9. The molecule has 3 aromatic rings. The van der Waals surface area contributed by atoms with E-state index in [2.05, 4.69) is 5.32 Å². The lowest BCUT2D eigenvalue weighted by Crippen LogP contribution is -2.27. The first-order valence-corrected chi connectivity index (χ1v) is 11.2. The summed E-state index contributed by atoms with van der Waals surface area (Å²) in [6, 6.07) is 23.9. The first-order chi connectivity index (χ1) is 16.0. The second-order valence-corrected chi connectivity index (χ2v) is 8.49. The van der Waals surface area contributed by atoms with E-state index in [1.807, 2.05) is 49.4 Å². The van der Waals surface area contributed by atoms with Crippen molar-refractivity contribution in [2.24, 2.45) is 0 Å². The number of aryl methyl sites for hydroxylation is 1. The van der Waals surface area contributed by atoms with Gasteiger partial charge in [-0.1, -0.05) is 66.2 Å². The number of rotatable bonds is 7. The monoisotopic (exact) mass is 458 g/mol. The van der Waals surface area contributed by atoms with Gasteiger partial charge in [0.2, 0.25) is 0 Å². The van der Waals surface area contributed by atoms with Gasteiger partial charge in [0.15, 0.2) is 6.61 Å². The van der Waals surface area contributed by atoms with Gasteiger partial charge in [0.1, 0.15) is 5.75 Å². The number of amides is 3. The molecule has 1 N–H and O–H groups in total. The lowest BCUT2D eigenvalue weighted by molar-refractivity contribution is -0.123. The van der Waals surface area contributed by atoms with Crippen LogP contribution in [0.5, 0.6) is 5.75 Å². The molecule has 0 unspecified atom stereocenters. The zero-order valence-electron chi connectivity index (χ0n) is 18.0. The number of carbonyl (C=O) groups excluding carboxylic acids is 3. The zero-order valence-corrected chi connectivity index (χ0v) is 18.8. The van der Waals surface area contributed by atoms with Crippen molar-refractivity contribution >= 4 is 40.6 Å². The molecule has 1 heterocycles. The summed E-state index contributed by atoms with van der Waals surface area (Å²) in [5.41, 5.74) is 3.30. The summed E-state index contributed by atoms with van der Waals surface area (Å²) < 4.78 is 5.70. The van der Waals surface area contributed by atoms with Gasteiger partial charge in [-0.2, -0.15) is 0 Å². The maximum Gasteiger partial charge on any atom is 0.293 e. The molecule has 166 valence electrons. The van der Waals surface area contributed by atoms with Gasteiger partial charge >= 0.3 is 0 Å². The SMILES string of the molecule is Cc1ccc(CN2C(=O)S/C(=C/c3ccccc3OCC(=O)Nc3ccccc3)C2=O)cc1. The molecule has 0 aromatic heterocycles. The first kappa shape index (κ1) is 22.4. The molecule has 1 aliphatic rings. The van der Waals surface area contributed by atoms with Gasteiger partial charge in [0, 0.05) is 11.3 Å². The normalized spacial score (nSPS) is 14.6. The van der Waals surface area contributed by atoms with E-state index in [9.17, 15) is 14.4 Å². The number of ether oxygens (including phenoxy) is 1. The summed E-state index contributed by atoms with van der Waals surface area (Å²) >= 11 is 0.898. The Balaban J connectivity index is 1.44. The Kier molecular flexibility index (Phi) is 6.90. The molecule has 0 spiro atoms. The smallest absolute Gasteiger partial charge is 0.293 e. The summed E-state index contributed by atoms with van der Waals surface area (Å²) in [5.74, 6) is -0.192. The maximum atomic E-state index is 12.9. The van der Waals surface area contributed by atoms with E-state index < -0.39 is 0 Å². The summed E-state index contributed by atoms with van der Waals surface area (Å²) in [5, 5.41) is 2.45. The van der Waals surface area contributed by atoms with Gasteiger partial charge in [-0.3, -0.25) is 19.3 Å². The largest absolute Gasteiger partial charge is 0.483 e. The number of benzene rings is 3. The lowest BCUT2D eigenvalue weighted by Gasteiger charge is -2.12. The van der Waals surface area contributed by atoms with E-state index in [1.165, 1.54) is 4.90 Å². The minimum Gasteiger partial charge on any atom is -0.483 e. The molecule has 1 aliphatic heterocycles. The number of hydrogen-bond donors (Lipinski definition) is 1. The Bertz CT molecular complexity index is 1210. The number of carbonyl (C=O) groups is 3. The Morgan fingerprint density at radius 2 is 1.67 bits per heavy atom. The van der Waals surface area contributed by atoms with E-state index in [-0.39, 0.29) is 30.2 Å². The van der Waals surface area contributed by atoms with Gasteiger partial charge in [-0.05, 0) is 48.5 Å². The minimum atomic E-state index is -0.345. The van der Waals surface area contributed by atoms with E-state index in [0.717, 1.165) is 22.9 Å². The van der Waals surface area contributed by atoms with Crippen LogP contribution in [-0.2, 0) is 16.1 Å². The molecule has 1 saturated heterocycles. The molecular formula is C26H22N2O4S. The third kappa shape index (κ3) is 5.70. The highest BCUT2D eigenvalue weighted by Crippen LogP contribution is 2.34. The van der Waals surface area contributed by atoms with Crippen molar-refractivity contribution in [3.05, 3.63) is 100 Å². The predicted octanol–water partition coefficient (Wildman–Crippen LogP) is 5.25. The Hall–Kier alpha value is -3.84. The third-order valence-electron chi connectivity index (χ3n) is 4.96. The molecule has 3 aromatic carbocycles. The Labute approximate surface area is 196 Å². The number of thioether (sulfide) groups is 1. The highest BCUT2D eigenvalue weighted by molar-refractivity contribution is 8.18. The number of imide groups is 1. The molecule has 0 aliphatic carbocycles. The molecule has 7 heteroatoms. The molecule has 0 saturated carbocycles. The molecule has 1 fully saturated rings. The third-order valence-corrected chi connectivity index (χ3v) is 5.86. The summed E-state index contributed by atoms with van der Waals surface area (Å²) in [4.78, 5) is 39.1. The number of anilines is 1. The van der Waals surface area contributed by atoms with Crippen LogP contribution in [0.3, 0.4) is 0 Å². The van der Waals surface area contributed by atoms with Crippen LogP contribution in [0.4, 0.5) is 10.5 Å². The first-order valence-electron chi connectivity index (χ1n) is 10.4. The van der Waals surface area contributed by atoms with Crippen LogP contribution in [0.25, 0.3) is 6.08 Å². The van der Waals surface area contributed by atoms with Crippen LogP contribution in [0.2, 0.25) is 0 Å². The lowest BCUT2D eigenvalue weighted by atomic mass is 10.1. The van der Waals surface area contributed by atoms with E-state index >= 15 is 0 Å². The van der Waals surface area contributed by atoms with Gasteiger partial charge in [-0.15, -0.1) is 0 Å². The molecule has 4 rings (SSSR count). The van der Waals surface area contributed by atoms with Crippen LogP contribution in [0.1, 0.15) is 16.7 Å². The molecule has 0 atom stereocenters. The van der Waals surface area contributed by atoms with E-state index in [0.29, 0.717) is 21.9 Å². The molecule has 6 nitrogen and oxygen atoms in total.